The third-order valence-corrected chi connectivity index (χ3v) is 7.51. The lowest BCUT2D eigenvalue weighted by Gasteiger charge is -2.22. The first-order valence-electron chi connectivity index (χ1n) is 10.9. The van der Waals surface area contributed by atoms with E-state index in [-0.39, 0.29) is 21.5 Å². The van der Waals surface area contributed by atoms with E-state index in [0.29, 0.717) is 24.3 Å². The zero-order valence-electron chi connectivity index (χ0n) is 19.3. The number of amides is 1. The molecule has 1 N–H and O–H groups in total. The van der Waals surface area contributed by atoms with E-state index in [1.807, 2.05) is 30.3 Å². The zero-order chi connectivity index (χ0) is 26.0. The second kappa shape index (κ2) is 13.2. The van der Waals surface area contributed by atoms with Gasteiger partial charge in [-0.25, -0.2) is 13.8 Å². The van der Waals surface area contributed by atoms with Crippen LogP contribution in [-0.2, 0) is 21.2 Å². The summed E-state index contributed by atoms with van der Waals surface area (Å²) in [7, 11) is -4.13. The summed E-state index contributed by atoms with van der Waals surface area (Å²) >= 11 is 12.2. The minimum atomic E-state index is -4.13. The van der Waals surface area contributed by atoms with Gasteiger partial charge in [0, 0.05) is 11.6 Å². The van der Waals surface area contributed by atoms with Crippen molar-refractivity contribution in [3.05, 3.63) is 107 Å². The van der Waals surface area contributed by atoms with Gasteiger partial charge in [0.25, 0.3) is 5.91 Å². The number of ether oxygens (including phenoxy) is 1. The van der Waals surface area contributed by atoms with Crippen LogP contribution in [0, 0.1) is 0 Å². The fourth-order valence-electron chi connectivity index (χ4n) is 3.21. The number of hydrogen-bond acceptors (Lipinski definition) is 5. The number of carbonyl (C=O) groups excluding carboxylic acids is 1. The van der Waals surface area contributed by atoms with E-state index >= 15 is 0 Å². The quantitative estimate of drug-likeness (QED) is 0.198. The largest absolute Gasteiger partial charge is 0.490 e. The Kier molecular flexibility index (Phi) is 10.1. The van der Waals surface area contributed by atoms with Crippen LogP contribution in [-0.4, -0.2) is 44.5 Å². The van der Waals surface area contributed by atoms with Gasteiger partial charge in [-0.2, -0.15) is 9.41 Å². The normalized spacial score (nSPS) is 11.5. The van der Waals surface area contributed by atoms with Crippen LogP contribution in [0.1, 0.15) is 11.1 Å². The van der Waals surface area contributed by atoms with Crippen molar-refractivity contribution in [1.29, 1.82) is 0 Å². The molecule has 0 saturated heterocycles. The SMILES string of the molecule is C=CCOc1cccc(/C=N\NC(=O)CN(CCc2ccccc2)S(=O)(=O)c2cc(Cl)ccc2Cl)c1. The Morgan fingerprint density at radius 3 is 2.58 bits per heavy atom. The lowest BCUT2D eigenvalue weighted by Crippen LogP contribution is -2.40. The molecule has 0 aliphatic carbocycles. The minimum absolute atomic E-state index is 0.0149. The van der Waals surface area contributed by atoms with Crippen molar-refractivity contribution in [1.82, 2.24) is 9.73 Å². The van der Waals surface area contributed by atoms with E-state index in [0.717, 1.165) is 9.87 Å². The Morgan fingerprint density at radius 2 is 1.83 bits per heavy atom. The molecule has 3 rings (SSSR count). The number of rotatable bonds is 12. The van der Waals surface area contributed by atoms with Crippen LogP contribution < -0.4 is 10.2 Å². The summed E-state index contributed by atoms with van der Waals surface area (Å²) in [5, 5.41) is 4.18. The topological polar surface area (TPSA) is 88.1 Å². The second-order valence-corrected chi connectivity index (χ2v) is 10.4. The first-order chi connectivity index (χ1) is 17.3. The van der Waals surface area contributed by atoms with Crippen LogP contribution in [0.4, 0.5) is 0 Å². The summed E-state index contributed by atoms with van der Waals surface area (Å²) in [5.41, 5.74) is 3.99. The molecule has 0 atom stereocenters. The maximum Gasteiger partial charge on any atom is 0.255 e. The Morgan fingerprint density at radius 1 is 1.06 bits per heavy atom. The van der Waals surface area contributed by atoms with Gasteiger partial charge in [-0.05, 0) is 47.9 Å². The first kappa shape index (κ1) is 27.4. The lowest BCUT2D eigenvalue weighted by atomic mass is 10.1. The Balaban J connectivity index is 1.74. The summed E-state index contributed by atoms with van der Waals surface area (Å²) in [5.74, 6) is 0.0156. The van der Waals surface area contributed by atoms with Gasteiger partial charge in [0.2, 0.25) is 10.0 Å². The molecule has 0 unspecified atom stereocenters. The minimum Gasteiger partial charge on any atom is -0.490 e. The average Bonchev–Trinajstić information content (AvgIpc) is 2.87. The smallest absolute Gasteiger partial charge is 0.255 e. The van der Waals surface area contributed by atoms with Crippen molar-refractivity contribution in [2.45, 2.75) is 11.3 Å². The number of sulfonamides is 1. The van der Waals surface area contributed by atoms with Gasteiger partial charge in [0.05, 0.1) is 17.8 Å². The highest BCUT2D eigenvalue weighted by Gasteiger charge is 2.28. The molecule has 0 aliphatic rings. The molecule has 0 aromatic heterocycles. The van der Waals surface area contributed by atoms with Gasteiger partial charge < -0.3 is 4.74 Å². The zero-order valence-corrected chi connectivity index (χ0v) is 21.6. The van der Waals surface area contributed by atoms with Crippen LogP contribution in [0.15, 0.2) is 95.4 Å². The molecule has 0 bridgehead atoms. The third-order valence-electron chi connectivity index (χ3n) is 4.95. The van der Waals surface area contributed by atoms with E-state index in [1.165, 1.54) is 24.4 Å². The van der Waals surface area contributed by atoms with Gasteiger partial charge >= 0.3 is 0 Å². The predicted octanol–water partition coefficient (Wildman–Crippen LogP) is 4.94. The molecule has 3 aromatic rings. The van der Waals surface area contributed by atoms with Crippen molar-refractivity contribution in [3.8, 4) is 5.75 Å². The highest BCUT2D eigenvalue weighted by molar-refractivity contribution is 7.89. The maximum atomic E-state index is 13.4. The van der Waals surface area contributed by atoms with E-state index in [2.05, 4.69) is 17.1 Å². The van der Waals surface area contributed by atoms with Gasteiger partial charge in [-0.3, -0.25) is 4.79 Å². The van der Waals surface area contributed by atoms with E-state index in [1.54, 1.807) is 30.3 Å². The van der Waals surface area contributed by atoms with Crippen molar-refractivity contribution >= 4 is 45.3 Å². The molecule has 10 heteroatoms. The standard InChI is InChI=1S/C26H25Cl2N3O4S/c1-2-15-35-23-10-6-9-21(16-23)18-29-30-26(32)19-31(14-13-20-7-4-3-5-8-20)36(33,34)25-17-22(27)11-12-24(25)28/h2-12,16-18H,1,13-15,19H2,(H,30,32)/b29-18-. The molecule has 36 heavy (non-hydrogen) atoms. The van der Waals surface area contributed by atoms with Crippen molar-refractivity contribution < 1.29 is 17.9 Å². The molecule has 0 radical (unpaired) electrons. The van der Waals surface area contributed by atoms with E-state index in [9.17, 15) is 13.2 Å². The van der Waals surface area contributed by atoms with Crippen molar-refractivity contribution in [2.24, 2.45) is 5.10 Å². The van der Waals surface area contributed by atoms with Gasteiger partial charge in [-0.1, -0.05) is 78.3 Å². The highest BCUT2D eigenvalue weighted by atomic mass is 35.5. The maximum absolute atomic E-state index is 13.4. The van der Waals surface area contributed by atoms with Gasteiger partial charge in [-0.15, -0.1) is 0 Å². The molecule has 188 valence electrons. The average molecular weight is 546 g/mol. The summed E-state index contributed by atoms with van der Waals surface area (Å²) in [6.07, 6.45) is 3.47. The predicted molar refractivity (Wildman–Crippen MR) is 143 cm³/mol. The van der Waals surface area contributed by atoms with Crippen LogP contribution >= 0.6 is 23.2 Å². The summed E-state index contributed by atoms with van der Waals surface area (Å²) in [4.78, 5) is 12.5. The highest BCUT2D eigenvalue weighted by Crippen LogP contribution is 2.28. The monoisotopic (exact) mass is 545 g/mol. The molecule has 1 amide bonds. The molecule has 0 heterocycles. The number of halogens is 2. The third kappa shape index (κ3) is 7.93. The second-order valence-electron chi connectivity index (χ2n) is 7.61. The molecule has 0 aliphatic heterocycles. The van der Waals surface area contributed by atoms with Crippen LogP contribution in [0.5, 0.6) is 5.75 Å². The number of carbonyl (C=O) groups is 1. The summed E-state index contributed by atoms with van der Waals surface area (Å²) in [6, 6.07) is 20.6. The number of hydrazone groups is 1. The van der Waals surface area contributed by atoms with Crippen LogP contribution in [0.3, 0.4) is 0 Å². The van der Waals surface area contributed by atoms with Crippen molar-refractivity contribution in [3.63, 3.8) is 0 Å². The number of nitrogens with one attached hydrogen (secondary N) is 1. The lowest BCUT2D eigenvalue weighted by molar-refractivity contribution is -0.121. The van der Waals surface area contributed by atoms with Gasteiger partial charge in [0.1, 0.15) is 17.3 Å². The molecule has 0 saturated carbocycles. The summed E-state index contributed by atoms with van der Waals surface area (Å²) in [6.45, 7) is 3.56. The van der Waals surface area contributed by atoms with Crippen LogP contribution in [0.25, 0.3) is 0 Å². The summed E-state index contributed by atoms with van der Waals surface area (Å²) < 4.78 is 33.4. The van der Waals surface area contributed by atoms with E-state index < -0.39 is 22.5 Å². The fraction of sp³-hybridized carbons (Fsp3) is 0.154. The molecular formula is C26H25Cl2N3O4S. The molecule has 0 spiro atoms. The number of hydrogen-bond donors (Lipinski definition) is 1. The van der Waals surface area contributed by atoms with E-state index in [4.69, 9.17) is 27.9 Å². The molecule has 7 nitrogen and oxygen atoms in total. The van der Waals surface area contributed by atoms with Crippen molar-refractivity contribution in [2.75, 3.05) is 19.7 Å². The Hall–Kier alpha value is -3.17. The first-order valence-corrected chi connectivity index (χ1v) is 13.1. The fourth-order valence-corrected chi connectivity index (χ4v) is 5.35. The number of nitrogens with zero attached hydrogens (tertiary/aromatic N) is 2. The van der Waals surface area contributed by atoms with Crippen LogP contribution in [0.2, 0.25) is 10.0 Å². The number of benzene rings is 3. The van der Waals surface area contributed by atoms with Gasteiger partial charge in [0.15, 0.2) is 0 Å². The molecule has 0 fully saturated rings. The Bertz CT molecular complexity index is 1330. The Labute approximate surface area is 221 Å². The molecule has 3 aromatic carbocycles. The molecular weight excluding hydrogens is 521 g/mol.